The number of methoxy groups -OCH3 is 2. The van der Waals surface area contributed by atoms with Crippen LogP contribution in [0.2, 0.25) is 0 Å². The number of imide groups is 1. The van der Waals surface area contributed by atoms with Crippen LogP contribution in [-0.4, -0.2) is 31.9 Å². The van der Waals surface area contributed by atoms with Crippen LogP contribution in [0.3, 0.4) is 0 Å². The van der Waals surface area contributed by atoms with E-state index in [1.54, 1.807) is 48.5 Å². The van der Waals surface area contributed by atoms with Gasteiger partial charge in [0.1, 0.15) is 22.2 Å². The van der Waals surface area contributed by atoms with Gasteiger partial charge >= 0.3 is 0 Å². The molecule has 35 heavy (non-hydrogen) atoms. The molecule has 0 spiro atoms. The SMILES string of the molecule is COc1ccc(OC)c(N2C(=O)C(Cl)=C(Nc3ccc(C(=O)Nc4ccc(Br)cc4)cc3)C2=O)c1. The quantitative estimate of drug-likeness (QED) is 0.391. The van der Waals surface area contributed by atoms with Gasteiger partial charge in [-0.25, -0.2) is 4.90 Å². The minimum atomic E-state index is -0.698. The Morgan fingerprint density at radius 1 is 0.886 bits per heavy atom. The van der Waals surface area contributed by atoms with Crippen LogP contribution in [0.1, 0.15) is 10.4 Å². The fraction of sp³-hybridized carbons (Fsp3) is 0.0800. The van der Waals surface area contributed by atoms with E-state index in [-0.39, 0.29) is 22.3 Å². The van der Waals surface area contributed by atoms with Gasteiger partial charge in [0.2, 0.25) is 0 Å². The average Bonchev–Trinajstić information content (AvgIpc) is 3.08. The van der Waals surface area contributed by atoms with E-state index in [4.69, 9.17) is 21.1 Å². The summed E-state index contributed by atoms with van der Waals surface area (Å²) in [5.74, 6) is -0.894. The molecule has 0 aliphatic carbocycles. The molecular weight excluding hydrogens is 538 g/mol. The number of benzene rings is 3. The lowest BCUT2D eigenvalue weighted by Crippen LogP contribution is -2.32. The van der Waals surface area contributed by atoms with Crippen LogP contribution in [0.4, 0.5) is 17.1 Å². The lowest BCUT2D eigenvalue weighted by molar-refractivity contribution is -0.120. The third-order valence-corrected chi connectivity index (χ3v) is 6.05. The summed E-state index contributed by atoms with van der Waals surface area (Å²) in [4.78, 5) is 39.4. The Kier molecular flexibility index (Phi) is 7.09. The van der Waals surface area contributed by atoms with Crippen molar-refractivity contribution < 1.29 is 23.9 Å². The Labute approximate surface area is 214 Å². The standard InChI is InChI=1S/C25H19BrClN3O5/c1-34-18-11-12-20(35-2)19(13-18)30-24(32)21(27)22(25(30)33)28-16-7-3-14(4-8-16)23(31)29-17-9-5-15(26)6-10-17/h3-13,28H,1-2H3,(H,29,31). The molecule has 4 rings (SSSR count). The molecule has 1 aliphatic rings. The molecule has 0 radical (unpaired) electrons. The molecule has 178 valence electrons. The van der Waals surface area contributed by atoms with Crippen molar-refractivity contribution in [1.29, 1.82) is 0 Å². The summed E-state index contributed by atoms with van der Waals surface area (Å²) in [5, 5.41) is 5.42. The van der Waals surface area contributed by atoms with Crippen molar-refractivity contribution in [2.75, 3.05) is 29.8 Å². The lowest BCUT2D eigenvalue weighted by Gasteiger charge is -2.19. The number of carbonyl (C=O) groups is 3. The highest BCUT2D eigenvalue weighted by Gasteiger charge is 2.40. The number of hydrogen-bond acceptors (Lipinski definition) is 6. The molecule has 0 atom stereocenters. The molecule has 0 bridgehead atoms. The molecule has 3 aromatic carbocycles. The number of nitrogens with one attached hydrogen (secondary N) is 2. The zero-order valence-corrected chi connectivity index (χ0v) is 20.9. The van der Waals surface area contributed by atoms with E-state index in [0.717, 1.165) is 9.37 Å². The predicted molar refractivity (Wildman–Crippen MR) is 137 cm³/mol. The third kappa shape index (κ3) is 5.01. The van der Waals surface area contributed by atoms with Gasteiger partial charge in [-0.05, 0) is 60.7 Å². The molecule has 10 heteroatoms. The third-order valence-electron chi connectivity index (χ3n) is 5.17. The number of nitrogens with zero attached hydrogens (tertiary/aromatic N) is 1. The van der Waals surface area contributed by atoms with E-state index in [2.05, 4.69) is 26.6 Å². The number of hydrogen-bond donors (Lipinski definition) is 2. The van der Waals surface area contributed by atoms with Gasteiger partial charge in [0, 0.05) is 27.5 Å². The molecule has 0 aromatic heterocycles. The van der Waals surface area contributed by atoms with Crippen LogP contribution in [0.25, 0.3) is 0 Å². The van der Waals surface area contributed by atoms with Gasteiger partial charge in [0.05, 0.1) is 19.9 Å². The average molecular weight is 557 g/mol. The molecule has 1 heterocycles. The van der Waals surface area contributed by atoms with E-state index in [0.29, 0.717) is 28.4 Å². The van der Waals surface area contributed by atoms with Crippen molar-refractivity contribution >= 4 is 62.3 Å². The second-order valence-electron chi connectivity index (χ2n) is 7.34. The van der Waals surface area contributed by atoms with Crippen LogP contribution in [-0.2, 0) is 9.59 Å². The van der Waals surface area contributed by atoms with Gasteiger partial charge in [0.15, 0.2) is 0 Å². The fourth-order valence-corrected chi connectivity index (χ4v) is 3.86. The van der Waals surface area contributed by atoms with E-state index in [1.807, 2.05) is 12.1 Å². The van der Waals surface area contributed by atoms with Crippen LogP contribution in [0.15, 0.2) is 81.9 Å². The summed E-state index contributed by atoms with van der Waals surface area (Å²) in [6.45, 7) is 0. The minimum Gasteiger partial charge on any atom is -0.497 e. The van der Waals surface area contributed by atoms with Crippen molar-refractivity contribution in [2.24, 2.45) is 0 Å². The molecule has 3 aromatic rings. The Hall–Kier alpha value is -3.82. The van der Waals surface area contributed by atoms with Crippen molar-refractivity contribution in [2.45, 2.75) is 0 Å². The van der Waals surface area contributed by atoms with Crippen LogP contribution < -0.4 is 25.0 Å². The Morgan fingerprint density at radius 3 is 2.17 bits per heavy atom. The van der Waals surface area contributed by atoms with Crippen molar-refractivity contribution in [3.8, 4) is 11.5 Å². The van der Waals surface area contributed by atoms with Crippen molar-refractivity contribution in [3.63, 3.8) is 0 Å². The van der Waals surface area contributed by atoms with Gasteiger partial charge in [-0.3, -0.25) is 14.4 Å². The molecule has 1 aliphatic heterocycles. The van der Waals surface area contributed by atoms with Gasteiger partial charge in [-0.2, -0.15) is 0 Å². The molecule has 0 fully saturated rings. The molecule has 0 saturated heterocycles. The summed E-state index contributed by atoms with van der Waals surface area (Å²) in [5.41, 5.74) is 1.65. The number of anilines is 3. The summed E-state index contributed by atoms with van der Waals surface area (Å²) < 4.78 is 11.4. The van der Waals surface area contributed by atoms with E-state index < -0.39 is 11.8 Å². The first-order chi connectivity index (χ1) is 16.8. The normalized spacial score (nSPS) is 13.2. The smallest absolute Gasteiger partial charge is 0.283 e. The fourth-order valence-electron chi connectivity index (χ4n) is 3.39. The molecular formula is C25H19BrClN3O5. The first-order valence-electron chi connectivity index (χ1n) is 10.3. The number of rotatable bonds is 7. The maximum atomic E-state index is 13.1. The highest BCUT2D eigenvalue weighted by atomic mass is 79.9. The zero-order valence-electron chi connectivity index (χ0n) is 18.6. The van der Waals surface area contributed by atoms with E-state index in [1.165, 1.54) is 20.3 Å². The molecule has 3 amide bonds. The van der Waals surface area contributed by atoms with Gasteiger partial charge < -0.3 is 20.1 Å². The number of amides is 3. The number of halogens is 2. The monoisotopic (exact) mass is 555 g/mol. The maximum Gasteiger partial charge on any atom is 0.283 e. The number of ether oxygens (including phenoxy) is 2. The van der Waals surface area contributed by atoms with Crippen molar-refractivity contribution in [1.82, 2.24) is 0 Å². The van der Waals surface area contributed by atoms with E-state index in [9.17, 15) is 14.4 Å². The summed E-state index contributed by atoms with van der Waals surface area (Å²) in [6, 6.07) is 18.4. The van der Waals surface area contributed by atoms with Crippen molar-refractivity contribution in [3.05, 3.63) is 87.5 Å². The van der Waals surface area contributed by atoms with Crippen LogP contribution in [0, 0.1) is 0 Å². The Morgan fingerprint density at radius 2 is 1.54 bits per heavy atom. The van der Waals surface area contributed by atoms with Crippen LogP contribution in [0.5, 0.6) is 11.5 Å². The second kappa shape index (κ2) is 10.2. The maximum absolute atomic E-state index is 13.1. The Balaban J connectivity index is 1.51. The first-order valence-corrected chi connectivity index (χ1v) is 11.4. The summed E-state index contributed by atoms with van der Waals surface area (Å²) in [6.07, 6.45) is 0. The van der Waals surface area contributed by atoms with E-state index >= 15 is 0 Å². The highest BCUT2D eigenvalue weighted by molar-refractivity contribution is 9.10. The first kappa shape index (κ1) is 24.3. The summed E-state index contributed by atoms with van der Waals surface area (Å²) >= 11 is 9.59. The number of carbonyl (C=O) groups excluding carboxylic acids is 3. The molecule has 8 nitrogen and oxygen atoms in total. The Bertz CT molecular complexity index is 1340. The summed E-state index contributed by atoms with van der Waals surface area (Å²) in [7, 11) is 2.90. The predicted octanol–water partition coefficient (Wildman–Crippen LogP) is 5.15. The molecule has 0 saturated carbocycles. The molecule has 0 unspecified atom stereocenters. The molecule has 2 N–H and O–H groups in total. The minimum absolute atomic E-state index is 0.0893. The van der Waals surface area contributed by atoms with Gasteiger partial charge in [-0.15, -0.1) is 0 Å². The largest absolute Gasteiger partial charge is 0.497 e. The zero-order chi connectivity index (χ0) is 25.1. The van der Waals surface area contributed by atoms with Gasteiger partial charge in [0.25, 0.3) is 17.7 Å². The second-order valence-corrected chi connectivity index (χ2v) is 8.63. The topological polar surface area (TPSA) is 97.0 Å². The lowest BCUT2D eigenvalue weighted by atomic mass is 10.2. The van der Waals surface area contributed by atoms with Crippen LogP contribution >= 0.6 is 27.5 Å². The highest BCUT2D eigenvalue weighted by Crippen LogP contribution is 2.38. The van der Waals surface area contributed by atoms with Gasteiger partial charge in [-0.1, -0.05) is 27.5 Å².